The molecule has 0 bridgehead atoms. The Morgan fingerprint density at radius 1 is 1.17 bits per heavy atom. The lowest BCUT2D eigenvalue weighted by molar-refractivity contribution is -0.149. The molecule has 0 aliphatic carbocycles. The van der Waals surface area contributed by atoms with Gasteiger partial charge in [0, 0.05) is 13.5 Å². The van der Waals surface area contributed by atoms with Crippen molar-refractivity contribution in [3.05, 3.63) is 29.3 Å². The second kappa shape index (κ2) is 5.49. The minimum atomic E-state index is -0.945. The maximum Gasteiger partial charge on any atom is 0.266 e. The number of hydrogen-bond donors (Lipinski definition) is 0. The van der Waals surface area contributed by atoms with Crippen molar-refractivity contribution in [1.29, 1.82) is 0 Å². The van der Waals surface area contributed by atoms with Crippen molar-refractivity contribution >= 4 is 23.6 Å². The van der Waals surface area contributed by atoms with E-state index in [1.54, 1.807) is 25.1 Å². The topological polar surface area (TPSA) is 84.0 Å². The number of hydrogen-bond acceptors (Lipinski definition) is 5. The Hall–Kier alpha value is -2.70. The molecule has 2 heterocycles. The molecule has 0 saturated carbocycles. The minimum absolute atomic E-state index is 0.124. The second-order valence-corrected chi connectivity index (χ2v) is 5.44. The van der Waals surface area contributed by atoms with E-state index in [4.69, 9.17) is 4.74 Å². The minimum Gasteiger partial charge on any atom is -0.493 e. The first-order valence-corrected chi connectivity index (χ1v) is 7.41. The van der Waals surface area contributed by atoms with E-state index < -0.39 is 23.8 Å². The number of rotatable bonds is 3. The zero-order valence-corrected chi connectivity index (χ0v) is 12.9. The van der Waals surface area contributed by atoms with Gasteiger partial charge in [-0.2, -0.15) is 0 Å². The van der Waals surface area contributed by atoms with Crippen LogP contribution in [0.2, 0.25) is 0 Å². The van der Waals surface area contributed by atoms with Crippen LogP contribution in [-0.2, 0) is 9.59 Å². The molecule has 1 aromatic rings. The summed E-state index contributed by atoms with van der Waals surface area (Å²) in [5.74, 6) is -1.58. The number of piperidine rings is 1. The van der Waals surface area contributed by atoms with Crippen molar-refractivity contribution in [3.8, 4) is 5.75 Å². The lowest BCUT2D eigenvalue weighted by Gasteiger charge is -2.32. The number of carbonyl (C=O) groups is 4. The molecule has 2 aliphatic rings. The number of fused-ring (bicyclic) bond motifs is 1. The van der Waals surface area contributed by atoms with E-state index in [0.29, 0.717) is 12.4 Å². The van der Waals surface area contributed by atoms with Gasteiger partial charge in [-0.25, -0.2) is 0 Å². The Bertz CT molecular complexity index is 727. The molecule has 0 spiro atoms. The monoisotopic (exact) mass is 316 g/mol. The van der Waals surface area contributed by atoms with Crippen molar-refractivity contribution in [3.63, 3.8) is 0 Å². The Morgan fingerprint density at radius 2 is 1.91 bits per heavy atom. The van der Waals surface area contributed by atoms with Crippen LogP contribution in [0.4, 0.5) is 0 Å². The van der Waals surface area contributed by atoms with Gasteiger partial charge in [0.25, 0.3) is 17.7 Å². The molecule has 0 radical (unpaired) electrons. The number of amides is 4. The average Bonchev–Trinajstić information content (AvgIpc) is 2.79. The third kappa shape index (κ3) is 2.19. The summed E-state index contributed by atoms with van der Waals surface area (Å²) in [6, 6.07) is 3.85. The Morgan fingerprint density at radius 3 is 2.61 bits per heavy atom. The first-order chi connectivity index (χ1) is 11.0. The van der Waals surface area contributed by atoms with Gasteiger partial charge in [-0.3, -0.25) is 29.0 Å². The van der Waals surface area contributed by atoms with Crippen LogP contribution in [0.25, 0.3) is 0 Å². The largest absolute Gasteiger partial charge is 0.493 e. The summed E-state index contributed by atoms with van der Waals surface area (Å²) >= 11 is 0. The van der Waals surface area contributed by atoms with Gasteiger partial charge in [-0.05, 0) is 25.5 Å². The number of ether oxygens (including phenoxy) is 1. The summed E-state index contributed by atoms with van der Waals surface area (Å²) in [7, 11) is 1.36. The molecule has 23 heavy (non-hydrogen) atoms. The highest BCUT2D eigenvalue weighted by Crippen LogP contribution is 2.34. The van der Waals surface area contributed by atoms with Crippen LogP contribution in [-0.4, -0.2) is 53.1 Å². The first-order valence-electron chi connectivity index (χ1n) is 7.41. The second-order valence-electron chi connectivity index (χ2n) is 5.44. The van der Waals surface area contributed by atoms with E-state index >= 15 is 0 Å². The Labute approximate surface area is 132 Å². The highest BCUT2D eigenvalue weighted by molar-refractivity contribution is 6.24. The highest BCUT2D eigenvalue weighted by atomic mass is 16.5. The molecule has 1 unspecified atom stereocenters. The van der Waals surface area contributed by atoms with Gasteiger partial charge in [0.15, 0.2) is 0 Å². The van der Waals surface area contributed by atoms with Crippen LogP contribution in [0, 0.1) is 0 Å². The van der Waals surface area contributed by atoms with Crippen molar-refractivity contribution in [2.24, 2.45) is 0 Å². The number of imide groups is 2. The summed E-state index contributed by atoms with van der Waals surface area (Å²) in [5, 5.41) is 0. The first kappa shape index (κ1) is 15.2. The molecule has 1 fully saturated rings. The normalized spacial score (nSPS) is 21.0. The lowest BCUT2D eigenvalue weighted by Crippen LogP contribution is -2.54. The third-order valence-corrected chi connectivity index (χ3v) is 4.14. The molecule has 0 aromatic heterocycles. The number of likely N-dealkylation sites (N-methyl/N-ethyl adjacent to an activating group) is 1. The van der Waals surface area contributed by atoms with Gasteiger partial charge in [0.05, 0.1) is 17.7 Å². The lowest BCUT2D eigenvalue weighted by atomic mass is 10.0. The molecule has 2 aliphatic heterocycles. The summed E-state index contributed by atoms with van der Waals surface area (Å²) < 4.78 is 5.42. The predicted octanol–water partition coefficient (Wildman–Crippen LogP) is 0.829. The Balaban J connectivity index is 1.99. The Kier molecular flexibility index (Phi) is 3.63. The maximum absolute atomic E-state index is 12.7. The van der Waals surface area contributed by atoms with Crippen molar-refractivity contribution in [2.75, 3.05) is 13.7 Å². The van der Waals surface area contributed by atoms with Crippen molar-refractivity contribution in [2.45, 2.75) is 25.8 Å². The summed E-state index contributed by atoms with van der Waals surface area (Å²) in [6.07, 6.45) is 0.274. The molecular weight excluding hydrogens is 300 g/mol. The van der Waals surface area contributed by atoms with Gasteiger partial charge in [-0.15, -0.1) is 0 Å². The van der Waals surface area contributed by atoms with Crippen LogP contribution >= 0.6 is 0 Å². The molecule has 0 N–H and O–H groups in total. The number of nitrogens with zero attached hydrogens (tertiary/aromatic N) is 2. The standard InChI is InChI=1S/C16H16N2O5/c1-3-23-11-6-4-5-9-13(11)16(22)18(14(9)20)10-7-8-12(19)17(2)15(10)21/h4-6,10H,3,7-8H2,1-2H3. The van der Waals surface area contributed by atoms with E-state index in [9.17, 15) is 19.2 Å². The number of carbonyl (C=O) groups excluding carboxylic acids is 4. The molecule has 4 amide bonds. The molecule has 1 atom stereocenters. The smallest absolute Gasteiger partial charge is 0.266 e. The fourth-order valence-corrected chi connectivity index (χ4v) is 2.97. The van der Waals surface area contributed by atoms with Crippen molar-refractivity contribution < 1.29 is 23.9 Å². The highest BCUT2D eigenvalue weighted by Gasteiger charge is 2.47. The zero-order valence-electron chi connectivity index (χ0n) is 12.9. The summed E-state index contributed by atoms with van der Waals surface area (Å²) in [5.41, 5.74) is 0.417. The van der Waals surface area contributed by atoms with Crippen LogP contribution in [0.3, 0.4) is 0 Å². The van der Waals surface area contributed by atoms with Crippen LogP contribution in [0.15, 0.2) is 18.2 Å². The molecule has 7 heteroatoms. The van der Waals surface area contributed by atoms with Gasteiger partial charge in [0.2, 0.25) is 5.91 Å². The quantitative estimate of drug-likeness (QED) is 0.771. The average molecular weight is 316 g/mol. The fraction of sp³-hybridized carbons (Fsp3) is 0.375. The van der Waals surface area contributed by atoms with Crippen LogP contribution < -0.4 is 4.74 Å². The molecule has 7 nitrogen and oxygen atoms in total. The number of benzene rings is 1. The van der Waals surface area contributed by atoms with E-state index in [-0.39, 0.29) is 29.9 Å². The zero-order chi connectivity index (χ0) is 16.7. The fourth-order valence-electron chi connectivity index (χ4n) is 2.97. The van der Waals surface area contributed by atoms with Gasteiger partial charge < -0.3 is 4.74 Å². The van der Waals surface area contributed by atoms with Crippen LogP contribution in [0.1, 0.15) is 40.5 Å². The van der Waals surface area contributed by atoms with E-state index in [2.05, 4.69) is 0 Å². The summed E-state index contributed by atoms with van der Waals surface area (Å²) in [4.78, 5) is 51.1. The molecule has 120 valence electrons. The van der Waals surface area contributed by atoms with Gasteiger partial charge in [-0.1, -0.05) is 6.07 Å². The molecular formula is C16H16N2O5. The van der Waals surface area contributed by atoms with E-state index in [1.807, 2.05) is 0 Å². The van der Waals surface area contributed by atoms with Crippen molar-refractivity contribution in [1.82, 2.24) is 9.80 Å². The molecule has 1 saturated heterocycles. The van der Waals surface area contributed by atoms with Gasteiger partial charge >= 0.3 is 0 Å². The summed E-state index contributed by atoms with van der Waals surface area (Å²) in [6.45, 7) is 2.14. The molecule has 1 aromatic carbocycles. The SMILES string of the molecule is CCOc1cccc2c1C(=O)N(C1CCC(=O)N(C)C1=O)C2=O. The number of likely N-dealkylation sites (tertiary alicyclic amines) is 1. The third-order valence-electron chi connectivity index (χ3n) is 4.14. The van der Waals surface area contributed by atoms with Gasteiger partial charge in [0.1, 0.15) is 11.8 Å². The molecule has 3 rings (SSSR count). The van der Waals surface area contributed by atoms with E-state index in [0.717, 1.165) is 9.80 Å². The predicted molar refractivity (Wildman–Crippen MR) is 78.9 cm³/mol. The van der Waals surface area contributed by atoms with Crippen LogP contribution in [0.5, 0.6) is 5.75 Å². The maximum atomic E-state index is 12.7. The van der Waals surface area contributed by atoms with E-state index in [1.165, 1.54) is 7.05 Å².